The summed E-state index contributed by atoms with van der Waals surface area (Å²) in [6.45, 7) is 1.35. The van der Waals surface area contributed by atoms with E-state index in [1.165, 1.54) is 13.0 Å². The molecule has 0 aliphatic carbocycles. The third kappa shape index (κ3) is 5.78. The molecular formula is C17H11Cl2F6N3O2S. The number of hydrogen-bond acceptors (Lipinski definition) is 5. The number of alkyl halides is 6. The lowest BCUT2D eigenvalue weighted by Crippen LogP contribution is -2.18. The summed E-state index contributed by atoms with van der Waals surface area (Å²) in [7, 11) is 1.08. The fourth-order valence-corrected chi connectivity index (χ4v) is 3.95. The summed E-state index contributed by atoms with van der Waals surface area (Å²) in [5, 5.41) is 11.9. The maximum absolute atomic E-state index is 13.1. The van der Waals surface area contributed by atoms with Crippen LogP contribution in [0.4, 0.5) is 26.3 Å². The van der Waals surface area contributed by atoms with E-state index in [9.17, 15) is 36.4 Å². The van der Waals surface area contributed by atoms with Gasteiger partial charge < -0.3 is 4.74 Å². The number of rotatable bonds is 5. The van der Waals surface area contributed by atoms with Gasteiger partial charge in [-0.25, -0.2) is 4.68 Å². The summed E-state index contributed by atoms with van der Waals surface area (Å²) in [6, 6.07) is 2.56. The Balaban J connectivity index is 2.78. The zero-order valence-electron chi connectivity index (χ0n) is 15.5. The third-order valence-electron chi connectivity index (χ3n) is 3.92. The molecular weight excluding hydrogens is 495 g/mol. The fourth-order valence-electron chi connectivity index (χ4n) is 2.60. The Morgan fingerprint density at radius 1 is 1.26 bits per heavy atom. The largest absolute Gasteiger partial charge is 0.469 e. The minimum absolute atomic E-state index is 0.291. The number of esters is 1. The number of ether oxygens (including phenoxy) is 1. The SMILES string of the molecule is COC(=O)C(C)Cc1c(SC(F)(F)F)c(C#N)nn1-c1c(Cl)cc(C(F)(F)F)cc1Cl. The Kier molecular flexibility index (Phi) is 7.45. The molecule has 1 atom stereocenters. The Morgan fingerprint density at radius 2 is 1.81 bits per heavy atom. The summed E-state index contributed by atoms with van der Waals surface area (Å²) in [5.41, 5.74) is -7.33. The van der Waals surface area contributed by atoms with Crippen LogP contribution in [-0.4, -0.2) is 28.4 Å². The van der Waals surface area contributed by atoms with E-state index in [1.54, 1.807) is 0 Å². The van der Waals surface area contributed by atoms with Crippen LogP contribution in [0.15, 0.2) is 17.0 Å². The highest BCUT2D eigenvalue weighted by atomic mass is 35.5. The van der Waals surface area contributed by atoms with Crippen molar-refractivity contribution >= 4 is 40.9 Å². The monoisotopic (exact) mass is 505 g/mol. The van der Waals surface area contributed by atoms with Crippen molar-refractivity contribution in [2.75, 3.05) is 7.11 Å². The number of hydrogen-bond donors (Lipinski definition) is 0. The van der Waals surface area contributed by atoms with Crippen molar-refractivity contribution in [3.8, 4) is 11.8 Å². The summed E-state index contributed by atoms with van der Waals surface area (Å²) in [6.07, 6.45) is -5.18. The Bertz CT molecular complexity index is 1020. The van der Waals surface area contributed by atoms with Crippen LogP contribution >= 0.6 is 35.0 Å². The average molecular weight is 506 g/mol. The number of carbonyl (C=O) groups excluding carboxylic acids is 1. The molecule has 0 amide bonds. The molecule has 5 nitrogen and oxygen atoms in total. The van der Waals surface area contributed by atoms with E-state index in [-0.39, 0.29) is 11.4 Å². The topological polar surface area (TPSA) is 67.9 Å². The van der Waals surface area contributed by atoms with Crippen LogP contribution in [0.5, 0.6) is 0 Å². The second-order valence-electron chi connectivity index (χ2n) is 6.11. The van der Waals surface area contributed by atoms with Gasteiger partial charge in [0.15, 0.2) is 5.69 Å². The molecule has 0 N–H and O–H groups in total. The lowest BCUT2D eigenvalue weighted by atomic mass is 10.1. The van der Waals surface area contributed by atoms with Gasteiger partial charge >= 0.3 is 17.7 Å². The predicted octanol–water partition coefficient (Wildman–Crippen LogP) is 6.03. The Labute approximate surface area is 185 Å². The highest BCUT2D eigenvalue weighted by molar-refractivity contribution is 8.00. The number of methoxy groups -OCH3 is 1. The number of nitrogens with zero attached hydrogens (tertiary/aromatic N) is 3. The highest BCUT2D eigenvalue weighted by Crippen LogP contribution is 2.44. The predicted molar refractivity (Wildman–Crippen MR) is 100 cm³/mol. The molecule has 2 rings (SSSR count). The molecule has 168 valence electrons. The first kappa shape index (κ1) is 25.2. The lowest BCUT2D eigenvalue weighted by molar-refractivity contribution is -0.144. The molecule has 2 aromatic rings. The molecule has 0 aliphatic heterocycles. The molecule has 1 aromatic heterocycles. The van der Waals surface area contributed by atoms with Crippen molar-refractivity contribution < 1.29 is 35.9 Å². The molecule has 0 spiro atoms. The van der Waals surface area contributed by atoms with Crippen LogP contribution < -0.4 is 0 Å². The van der Waals surface area contributed by atoms with E-state index >= 15 is 0 Å². The van der Waals surface area contributed by atoms with Crippen LogP contribution in [-0.2, 0) is 22.1 Å². The van der Waals surface area contributed by atoms with Gasteiger partial charge in [0, 0.05) is 6.42 Å². The molecule has 0 saturated carbocycles. The first-order valence-electron chi connectivity index (χ1n) is 8.11. The summed E-state index contributed by atoms with van der Waals surface area (Å²) in [4.78, 5) is 11.2. The van der Waals surface area contributed by atoms with Gasteiger partial charge in [0.1, 0.15) is 11.8 Å². The molecule has 0 saturated heterocycles. The van der Waals surface area contributed by atoms with Crippen LogP contribution in [0.25, 0.3) is 5.69 Å². The fraction of sp³-hybridized carbons (Fsp3) is 0.353. The van der Waals surface area contributed by atoms with Gasteiger partial charge in [0.2, 0.25) is 0 Å². The van der Waals surface area contributed by atoms with E-state index < -0.39 is 68.0 Å². The molecule has 0 radical (unpaired) electrons. The number of nitriles is 1. The molecule has 1 unspecified atom stereocenters. The summed E-state index contributed by atoms with van der Waals surface area (Å²) < 4.78 is 83.6. The second-order valence-corrected chi connectivity index (χ2v) is 8.00. The third-order valence-corrected chi connectivity index (χ3v) is 5.36. The molecule has 0 fully saturated rings. The molecule has 0 aliphatic rings. The van der Waals surface area contributed by atoms with E-state index in [2.05, 4.69) is 9.84 Å². The van der Waals surface area contributed by atoms with E-state index in [4.69, 9.17) is 23.2 Å². The van der Waals surface area contributed by atoms with Crippen molar-refractivity contribution in [3.05, 3.63) is 39.1 Å². The van der Waals surface area contributed by atoms with Gasteiger partial charge in [-0.1, -0.05) is 30.1 Å². The normalized spacial score (nSPS) is 13.1. The molecule has 1 aromatic carbocycles. The number of aromatic nitrogens is 2. The number of benzene rings is 1. The number of carbonyl (C=O) groups is 1. The Hall–Kier alpha value is -2.10. The quantitative estimate of drug-likeness (QED) is 0.281. The van der Waals surface area contributed by atoms with Gasteiger partial charge in [-0.05, 0) is 23.9 Å². The van der Waals surface area contributed by atoms with E-state index in [0.717, 1.165) is 11.8 Å². The molecule has 14 heteroatoms. The van der Waals surface area contributed by atoms with Crippen molar-refractivity contribution in [3.63, 3.8) is 0 Å². The average Bonchev–Trinajstić information content (AvgIpc) is 2.95. The maximum Gasteiger partial charge on any atom is 0.446 e. The van der Waals surface area contributed by atoms with Crippen LogP contribution in [0, 0.1) is 17.2 Å². The van der Waals surface area contributed by atoms with Crippen molar-refractivity contribution in [2.24, 2.45) is 5.92 Å². The van der Waals surface area contributed by atoms with Crippen molar-refractivity contribution in [1.29, 1.82) is 5.26 Å². The van der Waals surface area contributed by atoms with Crippen molar-refractivity contribution in [2.45, 2.75) is 29.9 Å². The first-order chi connectivity index (χ1) is 14.2. The number of halogens is 8. The minimum atomic E-state index is -4.82. The van der Waals surface area contributed by atoms with Crippen LogP contribution in [0.2, 0.25) is 10.0 Å². The van der Waals surface area contributed by atoms with Gasteiger partial charge in [0.25, 0.3) is 0 Å². The van der Waals surface area contributed by atoms with Gasteiger partial charge in [-0.2, -0.15) is 36.7 Å². The number of thioether (sulfide) groups is 1. The van der Waals surface area contributed by atoms with Crippen LogP contribution in [0.1, 0.15) is 23.9 Å². The molecule has 0 bridgehead atoms. The summed E-state index contributed by atoms with van der Waals surface area (Å²) >= 11 is 11.3. The zero-order valence-corrected chi connectivity index (χ0v) is 17.9. The highest BCUT2D eigenvalue weighted by Gasteiger charge is 2.37. The smallest absolute Gasteiger partial charge is 0.446 e. The summed E-state index contributed by atoms with van der Waals surface area (Å²) in [5.74, 6) is -1.74. The standard InChI is InChI=1S/C17H11Cl2F6N3O2S/c1-7(15(29)30-2)3-12-14(31-17(23,24)25)11(6-26)27-28(12)13-9(18)4-8(5-10(13)19)16(20,21)22/h4-5,7H,3H2,1-2H3. The minimum Gasteiger partial charge on any atom is -0.469 e. The van der Waals surface area contributed by atoms with Gasteiger partial charge in [0.05, 0.1) is 39.2 Å². The lowest BCUT2D eigenvalue weighted by Gasteiger charge is -2.17. The first-order valence-corrected chi connectivity index (χ1v) is 9.69. The van der Waals surface area contributed by atoms with Gasteiger partial charge in [-0.3, -0.25) is 4.79 Å². The molecule has 31 heavy (non-hydrogen) atoms. The second kappa shape index (κ2) is 9.18. The van der Waals surface area contributed by atoms with Crippen LogP contribution in [0.3, 0.4) is 0 Å². The van der Waals surface area contributed by atoms with Crippen molar-refractivity contribution in [1.82, 2.24) is 9.78 Å². The zero-order chi connectivity index (χ0) is 23.7. The molecule has 1 heterocycles. The Morgan fingerprint density at radius 3 is 2.23 bits per heavy atom. The maximum atomic E-state index is 13.1. The van der Waals surface area contributed by atoms with E-state index in [1.807, 2.05) is 0 Å². The van der Waals surface area contributed by atoms with Gasteiger partial charge in [-0.15, -0.1) is 0 Å². The van der Waals surface area contributed by atoms with E-state index in [0.29, 0.717) is 12.1 Å².